The first-order valence-electron chi connectivity index (χ1n) is 11.5. The number of rotatable bonds is 7. The second-order valence-electron chi connectivity index (χ2n) is 8.64. The van der Waals surface area contributed by atoms with Crippen LogP contribution >= 0.6 is 0 Å². The largest absolute Gasteiger partial charge is 0.493 e. The van der Waals surface area contributed by atoms with Gasteiger partial charge in [0.15, 0.2) is 17.6 Å². The normalized spacial score (nSPS) is 16.7. The van der Waals surface area contributed by atoms with Gasteiger partial charge in [0.1, 0.15) is 0 Å². The fraction of sp³-hybridized carbons (Fsp3) is 0.385. The van der Waals surface area contributed by atoms with Crippen molar-refractivity contribution >= 4 is 24.1 Å². The van der Waals surface area contributed by atoms with Crippen LogP contribution in [-0.4, -0.2) is 91.7 Å². The van der Waals surface area contributed by atoms with E-state index >= 15 is 0 Å². The Hall–Kier alpha value is -3.88. The predicted molar refractivity (Wildman–Crippen MR) is 133 cm³/mol. The van der Waals surface area contributed by atoms with E-state index < -0.39 is 12.0 Å². The average Bonchev–Trinajstić information content (AvgIpc) is 2.86. The van der Waals surface area contributed by atoms with Crippen LogP contribution in [0.5, 0.6) is 11.5 Å². The molecule has 3 amide bonds. The molecule has 3 rings (SSSR count). The number of amides is 3. The molecule has 1 fully saturated rings. The third kappa shape index (κ3) is 6.38. The van der Waals surface area contributed by atoms with Crippen molar-refractivity contribution in [1.29, 1.82) is 0 Å². The minimum Gasteiger partial charge on any atom is -0.493 e. The Bertz CT molecular complexity index is 1090. The number of benzene rings is 2. The molecule has 0 unspecified atom stereocenters. The summed E-state index contributed by atoms with van der Waals surface area (Å²) in [7, 11) is 5.01. The predicted octanol–water partition coefficient (Wildman–Crippen LogP) is 2.57. The molecule has 1 heterocycles. The number of aliphatic imine (C=N–C) groups is 1. The first kappa shape index (κ1) is 25.7. The van der Waals surface area contributed by atoms with E-state index in [1.807, 2.05) is 25.1 Å². The van der Waals surface area contributed by atoms with Crippen LogP contribution in [0.3, 0.4) is 0 Å². The summed E-state index contributed by atoms with van der Waals surface area (Å²) in [4.78, 5) is 47.2. The van der Waals surface area contributed by atoms with Gasteiger partial charge in [0, 0.05) is 50.9 Å². The van der Waals surface area contributed by atoms with Crippen LogP contribution in [0.15, 0.2) is 53.5 Å². The Kier molecular flexibility index (Phi) is 8.46. The van der Waals surface area contributed by atoms with Crippen LogP contribution in [0.25, 0.3) is 0 Å². The van der Waals surface area contributed by atoms with Crippen LogP contribution in [0.1, 0.15) is 34.6 Å². The molecule has 0 N–H and O–H groups in total. The minimum absolute atomic E-state index is 0.0388. The van der Waals surface area contributed by atoms with Gasteiger partial charge in [-0.25, -0.2) is 0 Å². The van der Waals surface area contributed by atoms with Gasteiger partial charge < -0.3 is 24.2 Å². The van der Waals surface area contributed by atoms with Gasteiger partial charge in [-0.2, -0.15) is 4.99 Å². The molecule has 2 aromatic carbocycles. The Morgan fingerprint density at radius 2 is 1.77 bits per heavy atom. The van der Waals surface area contributed by atoms with E-state index in [0.29, 0.717) is 42.3 Å². The van der Waals surface area contributed by atoms with Gasteiger partial charge in [-0.3, -0.25) is 14.4 Å². The zero-order valence-corrected chi connectivity index (χ0v) is 20.8. The summed E-state index contributed by atoms with van der Waals surface area (Å²) in [6, 6.07) is 13.7. The lowest BCUT2D eigenvalue weighted by Gasteiger charge is -2.40. The zero-order chi connectivity index (χ0) is 25.5. The van der Waals surface area contributed by atoms with Crippen molar-refractivity contribution in [2.24, 2.45) is 4.99 Å². The molecule has 0 aromatic heterocycles. The van der Waals surface area contributed by atoms with Gasteiger partial charge in [0.25, 0.3) is 17.7 Å². The number of hydrogen-bond donors (Lipinski definition) is 0. The van der Waals surface area contributed by atoms with E-state index in [0.717, 1.165) is 0 Å². The number of methoxy groups -OCH3 is 1. The lowest BCUT2D eigenvalue weighted by Crippen LogP contribution is -2.57. The van der Waals surface area contributed by atoms with Crippen LogP contribution in [-0.2, 0) is 4.79 Å². The molecule has 9 heteroatoms. The van der Waals surface area contributed by atoms with Gasteiger partial charge in [-0.15, -0.1) is 0 Å². The van der Waals surface area contributed by atoms with Crippen molar-refractivity contribution in [2.45, 2.75) is 26.0 Å². The van der Waals surface area contributed by atoms with Crippen molar-refractivity contribution in [3.05, 3.63) is 59.7 Å². The van der Waals surface area contributed by atoms with Crippen molar-refractivity contribution in [1.82, 2.24) is 14.7 Å². The summed E-state index contributed by atoms with van der Waals surface area (Å²) in [5, 5.41) is 0. The standard InChI is InChI=1S/C26H32N4O5/c1-18-16-29(26(33)20-9-7-6-8-10-20)13-14-30(18)25(32)19(2)35-22-12-11-21(15-23(22)34-5)24(31)27-17-28(3)4/h6-12,15,17-19H,13-14,16H2,1-5H3/t18-,19+/m1/s1. The van der Waals surface area contributed by atoms with Gasteiger partial charge in [0.2, 0.25) is 0 Å². The molecule has 1 saturated heterocycles. The molecule has 0 spiro atoms. The van der Waals surface area contributed by atoms with Crippen LogP contribution in [0.4, 0.5) is 0 Å². The average molecular weight is 481 g/mol. The Balaban J connectivity index is 1.64. The van der Waals surface area contributed by atoms with Gasteiger partial charge in [-0.05, 0) is 44.2 Å². The Labute approximate surface area is 205 Å². The molecule has 0 radical (unpaired) electrons. The summed E-state index contributed by atoms with van der Waals surface area (Å²) < 4.78 is 11.3. The molecule has 2 atom stereocenters. The molecule has 35 heavy (non-hydrogen) atoms. The highest BCUT2D eigenvalue weighted by Gasteiger charge is 2.33. The first-order valence-corrected chi connectivity index (χ1v) is 11.5. The highest BCUT2D eigenvalue weighted by molar-refractivity contribution is 5.99. The SMILES string of the molecule is COc1cc(C(=O)N=CN(C)C)ccc1O[C@@H](C)C(=O)N1CCN(C(=O)c2ccccc2)C[C@H]1C. The molecular weight excluding hydrogens is 448 g/mol. The lowest BCUT2D eigenvalue weighted by atomic mass is 10.1. The summed E-state index contributed by atoms with van der Waals surface area (Å²) in [6.07, 6.45) is 0.643. The van der Waals surface area contributed by atoms with Crippen LogP contribution < -0.4 is 9.47 Å². The summed E-state index contributed by atoms with van der Waals surface area (Å²) in [5.74, 6) is 0.0589. The summed E-state index contributed by atoms with van der Waals surface area (Å²) in [5.41, 5.74) is 0.983. The molecular formula is C26H32N4O5. The van der Waals surface area contributed by atoms with Crippen LogP contribution in [0, 0.1) is 0 Å². The highest BCUT2D eigenvalue weighted by Crippen LogP contribution is 2.30. The Morgan fingerprint density at radius 3 is 2.40 bits per heavy atom. The fourth-order valence-electron chi connectivity index (χ4n) is 3.85. The van der Waals surface area contributed by atoms with Crippen molar-refractivity contribution in [3.8, 4) is 11.5 Å². The van der Waals surface area contributed by atoms with Gasteiger partial charge in [0.05, 0.1) is 13.4 Å². The van der Waals surface area contributed by atoms with Gasteiger partial charge in [-0.1, -0.05) is 18.2 Å². The third-order valence-electron chi connectivity index (χ3n) is 5.69. The van der Waals surface area contributed by atoms with E-state index in [4.69, 9.17) is 9.47 Å². The molecule has 0 bridgehead atoms. The van der Waals surface area contributed by atoms with E-state index in [9.17, 15) is 14.4 Å². The molecule has 1 aliphatic rings. The molecule has 9 nitrogen and oxygen atoms in total. The smallest absolute Gasteiger partial charge is 0.278 e. The van der Waals surface area contributed by atoms with E-state index in [1.165, 1.54) is 13.4 Å². The summed E-state index contributed by atoms with van der Waals surface area (Å²) >= 11 is 0. The highest BCUT2D eigenvalue weighted by atomic mass is 16.5. The van der Waals surface area contributed by atoms with Crippen LogP contribution in [0.2, 0.25) is 0 Å². The molecule has 2 aromatic rings. The number of piperazine rings is 1. The monoisotopic (exact) mass is 480 g/mol. The molecule has 1 aliphatic heterocycles. The van der Waals surface area contributed by atoms with E-state index in [1.54, 1.807) is 66.1 Å². The second kappa shape index (κ2) is 11.5. The van der Waals surface area contributed by atoms with E-state index in [2.05, 4.69) is 4.99 Å². The lowest BCUT2D eigenvalue weighted by molar-refractivity contribution is -0.142. The summed E-state index contributed by atoms with van der Waals surface area (Å²) in [6.45, 7) is 4.91. The molecule has 186 valence electrons. The third-order valence-corrected chi connectivity index (χ3v) is 5.69. The quantitative estimate of drug-likeness (QED) is 0.447. The number of hydrogen-bond acceptors (Lipinski definition) is 5. The topological polar surface area (TPSA) is 91.7 Å². The fourth-order valence-corrected chi connectivity index (χ4v) is 3.85. The maximum absolute atomic E-state index is 13.2. The van der Waals surface area contributed by atoms with Crippen molar-refractivity contribution in [3.63, 3.8) is 0 Å². The first-order chi connectivity index (χ1) is 16.7. The van der Waals surface area contributed by atoms with Crippen molar-refractivity contribution in [2.75, 3.05) is 40.8 Å². The number of carbonyl (C=O) groups is 3. The van der Waals surface area contributed by atoms with E-state index in [-0.39, 0.29) is 17.9 Å². The van der Waals surface area contributed by atoms with Gasteiger partial charge >= 0.3 is 0 Å². The molecule has 0 aliphatic carbocycles. The maximum atomic E-state index is 13.2. The van der Waals surface area contributed by atoms with Crippen molar-refractivity contribution < 1.29 is 23.9 Å². The molecule has 0 saturated carbocycles. The zero-order valence-electron chi connectivity index (χ0n) is 20.8. The second-order valence-corrected chi connectivity index (χ2v) is 8.64. The number of carbonyl (C=O) groups excluding carboxylic acids is 3. The number of nitrogens with zero attached hydrogens (tertiary/aromatic N) is 4. The minimum atomic E-state index is -0.781. The Morgan fingerprint density at radius 1 is 1.06 bits per heavy atom. The maximum Gasteiger partial charge on any atom is 0.278 e. The number of ether oxygens (including phenoxy) is 2.